The second-order valence-electron chi connectivity index (χ2n) is 4.24. The third kappa shape index (κ3) is 5.03. The maximum atomic E-state index is 11.0. The molecular formula is C13H14ClNO6. The maximum Gasteiger partial charge on any atom is 0.303 e. The summed E-state index contributed by atoms with van der Waals surface area (Å²) in [4.78, 5) is 31.5. The first-order chi connectivity index (χ1) is 9.97. The molecule has 1 aromatic rings. The van der Waals surface area contributed by atoms with Crippen LogP contribution >= 0.6 is 11.6 Å². The summed E-state index contributed by atoms with van der Waals surface area (Å²) in [6.07, 6.45) is 2.13. The number of aliphatic carboxylic acids is 1. The van der Waals surface area contributed by atoms with E-state index >= 15 is 0 Å². The van der Waals surface area contributed by atoms with E-state index in [0.717, 1.165) is 6.07 Å². The van der Waals surface area contributed by atoms with Crippen molar-refractivity contribution in [1.82, 2.24) is 0 Å². The summed E-state index contributed by atoms with van der Waals surface area (Å²) in [5.74, 6) is -0.875. The summed E-state index contributed by atoms with van der Waals surface area (Å²) >= 11 is 5.88. The van der Waals surface area contributed by atoms with Crippen LogP contribution in [-0.2, 0) is 4.79 Å². The lowest BCUT2D eigenvalue weighted by Crippen LogP contribution is -2.04. The second-order valence-corrected chi connectivity index (χ2v) is 4.64. The molecule has 0 radical (unpaired) electrons. The number of ether oxygens (including phenoxy) is 1. The molecule has 0 unspecified atom stereocenters. The van der Waals surface area contributed by atoms with Gasteiger partial charge in [0.2, 0.25) is 0 Å². The van der Waals surface area contributed by atoms with Crippen LogP contribution in [0.2, 0.25) is 5.02 Å². The molecule has 1 N–H and O–H groups in total. The van der Waals surface area contributed by atoms with E-state index in [9.17, 15) is 19.7 Å². The number of halogens is 1. The lowest BCUT2D eigenvalue weighted by atomic mass is 10.1. The van der Waals surface area contributed by atoms with Gasteiger partial charge in [0.1, 0.15) is 5.56 Å². The monoisotopic (exact) mass is 315 g/mol. The van der Waals surface area contributed by atoms with Crippen LogP contribution in [0.25, 0.3) is 0 Å². The molecule has 114 valence electrons. The van der Waals surface area contributed by atoms with E-state index in [4.69, 9.17) is 21.4 Å². The number of carbonyl (C=O) groups is 2. The number of carboxylic acid groups (broad SMARTS) is 1. The normalized spacial score (nSPS) is 10.1. The standard InChI is InChI=1S/C13H14ClNO6/c14-10-5-6-11(15(19)20)9(8-16)13(10)21-7-3-1-2-4-12(17)18/h5-6,8H,1-4,7H2,(H,17,18). The number of nitro benzene ring substituents is 1. The van der Waals surface area contributed by atoms with Crippen molar-refractivity contribution in [3.63, 3.8) is 0 Å². The van der Waals surface area contributed by atoms with Gasteiger partial charge in [0.25, 0.3) is 5.69 Å². The van der Waals surface area contributed by atoms with Crippen molar-refractivity contribution < 1.29 is 24.4 Å². The van der Waals surface area contributed by atoms with Crippen LogP contribution in [0, 0.1) is 10.1 Å². The molecule has 1 aromatic carbocycles. The number of nitrogens with zero attached hydrogens (tertiary/aromatic N) is 1. The molecule has 0 aliphatic rings. The molecule has 0 fully saturated rings. The van der Waals surface area contributed by atoms with Crippen molar-refractivity contribution in [2.75, 3.05) is 6.61 Å². The zero-order valence-corrected chi connectivity index (χ0v) is 11.8. The van der Waals surface area contributed by atoms with Crippen LogP contribution in [0.4, 0.5) is 5.69 Å². The maximum absolute atomic E-state index is 11.0. The Kier molecular flexibility index (Phi) is 6.61. The molecule has 8 heteroatoms. The van der Waals surface area contributed by atoms with Gasteiger partial charge in [-0.1, -0.05) is 11.6 Å². The van der Waals surface area contributed by atoms with Crippen molar-refractivity contribution in [2.24, 2.45) is 0 Å². The Bertz CT molecular complexity index is 546. The van der Waals surface area contributed by atoms with Crippen LogP contribution in [0.5, 0.6) is 5.75 Å². The highest BCUT2D eigenvalue weighted by molar-refractivity contribution is 6.32. The largest absolute Gasteiger partial charge is 0.491 e. The first-order valence-electron chi connectivity index (χ1n) is 6.24. The molecule has 0 aliphatic carbocycles. The number of aldehydes is 1. The molecule has 0 atom stereocenters. The Balaban J connectivity index is 2.66. The predicted molar refractivity (Wildman–Crippen MR) is 75.1 cm³/mol. The molecule has 1 rings (SSSR count). The minimum atomic E-state index is -0.860. The Hall–Kier alpha value is -2.15. The Morgan fingerprint density at radius 3 is 2.67 bits per heavy atom. The van der Waals surface area contributed by atoms with E-state index < -0.39 is 10.9 Å². The number of hydrogen-bond acceptors (Lipinski definition) is 5. The van der Waals surface area contributed by atoms with Crippen molar-refractivity contribution in [3.8, 4) is 5.75 Å². The first kappa shape index (κ1) is 16.9. The molecule has 0 aromatic heterocycles. The molecule has 0 bridgehead atoms. The fourth-order valence-corrected chi connectivity index (χ4v) is 1.93. The van der Waals surface area contributed by atoms with Crippen LogP contribution in [0.3, 0.4) is 0 Å². The van der Waals surface area contributed by atoms with E-state index in [1.807, 2.05) is 0 Å². The van der Waals surface area contributed by atoms with Gasteiger partial charge in [0, 0.05) is 12.5 Å². The smallest absolute Gasteiger partial charge is 0.303 e. The number of nitro groups is 1. The van der Waals surface area contributed by atoms with Crippen molar-refractivity contribution in [2.45, 2.75) is 25.7 Å². The molecule has 0 spiro atoms. The van der Waals surface area contributed by atoms with Gasteiger partial charge in [-0.05, 0) is 25.3 Å². The van der Waals surface area contributed by atoms with Gasteiger partial charge in [-0.25, -0.2) is 0 Å². The van der Waals surface area contributed by atoms with E-state index in [0.29, 0.717) is 25.5 Å². The van der Waals surface area contributed by atoms with Crippen LogP contribution in [-0.4, -0.2) is 28.9 Å². The average molecular weight is 316 g/mol. The molecule has 0 heterocycles. The molecule has 21 heavy (non-hydrogen) atoms. The number of carboxylic acids is 1. The minimum absolute atomic E-state index is 0.0147. The lowest BCUT2D eigenvalue weighted by molar-refractivity contribution is -0.385. The van der Waals surface area contributed by atoms with Gasteiger partial charge in [-0.3, -0.25) is 19.7 Å². The summed E-state index contributed by atoms with van der Waals surface area (Å²) in [6.45, 7) is 0.196. The molecular weight excluding hydrogens is 302 g/mol. The van der Waals surface area contributed by atoms with Crippen molar-refractivity contribution in [1.29, 1.82) is 0 Å². The van der Waals surface area contributed by atoms with E-state index in [-0.39, 0.29) is 35.1 Å². The van der Waals surface area contributed by atoms with Gasteiger partial charge in [-0.15, -0.1) is 0 Å². The predicted octanol–water partition coefficient (Wildman–Crippen LogP) is 3.08. The fraction of sp³-hybridized carbons (Fsp3) is 0.385. The fourth-order valence-electron chi connectivity index (χ4n) is 1.71. The highest BCUT2D eigenvalue weighted by Gasteiger charge is 2.21. The third-order valence-electron chi connectivity index (χ3n) is 2.72. The number of benzene rings is 1. The van der Waals surface area contributed by atoms with E-state index in [1.54, 1.807) is 0 Å². The Labute approximate surface area is 125 Å². The zero-order chi connectivity index (χ0) is 15.8. The molecule has 0 amide bonds. The number of carbonyl (C=O) groups excluding carboxylic acids is 1. The average Bonchev–Trinajstić information content (AvgIpc) is 2.42. The van der Waals surface area contributed by atoms with Crippen LogP contribution in [0.1, 0.15) is 36.0 Å². The van der Waals surface area contributed by atoms with E-state index in [1.165, 1.54) is 6.07 Å². The first-order valence-corrected chi connectivity index (χ1v) is 6.61. The molecule has 0 saturated carbocycles. The summed E-state index contributed by atoms with van der Waals surface area (Å²) in [5, 5.41) is 19.4. The number of unbranched alkanes of at least 4 members (excludes halogenated alkanes) is 2. The van der Waals surface area contributed by atoms with Gasteiger partial charge >= 0.3 is 5.97 Å². The second kappa shape index (κ2) is 8.21. The van der Waals surface area contributed by atoms with Crippen LogP contribution < -0.4 is 4.74 Å². The molecule has 0 saturated heterocycles. The van der Waals surface area contributed by atoms with Gasteiger partial charge in [-0.2, -0.15) is 0 Å². The quantitative estimate of drug-likeness (QED) is 0.325. The summed E-state index contributed by atoms with van der Waals surface area (Å²) in [6, 6.07) is 2.44. The summed E-state index contributed by atoms with van der Waals surface area (Å²) < 4.78 is 5.34. The van der Waals surface area contributed by atoms with Gasteiger partial charge in [0.05, 0.1) is 16.6 Å². The summed E-state index contributed by atoms with van der Waals surface area (Å²) in [5.41, 5.74) is -0.562. The highest BCUT2D eigenvalue weighted by Crippen LogP contribution is 2.34. The zero-order valence-electron chi connectivity index (χ0n) is 11.1. The van der Waals surface area contributed by atoms with Crippen molar-refractivity contribution >= 4 is 29.5 Å². The number of hydrogen-bond donors (Lipinski definition) is 1. The van der Waals surface area contributed by atoms with E-state index in [2.05, 4.69) is 0 Å². The SMILES string of the molecule is O=Cc1c([N+](=O)[O-])ccc(Cl)c1OCCCCCC(=O)O. The lowest BCUT2D eigenvalue weighted by Gasteiger charge is -2.10. The van der Waals surface area contributed by atoms with Crippen LogP contribution in [0.15, 0.2) is 12.1 Å². The Morgan fingerprint density at radius 2 is 2.10 bits per heavy atom. The van der Waals surface area contributed by atoms with Crippen molar-refractivity contribution in [3.05, 3.63) is 32.8 Å². The Morgan fingerprint density at radius 1 is 1.38 bits per heavy atom. The molecule has 7 nitrogen and oxygen atoms in total. The topological polar surface area (TPSA) is 107 Å². The van der Waals surface area contributed by atoms with Gasteiger partial charge < -0.3 is 9.84 Å². The summed E-state index contributed by atoms with van der Waals surface area (Å²) in [7, 11) is 0. The van der Waals surface area contributed by atoms with Gasteiger partial charge in [0.15, 0.2) is 12.0 Å². The third-order valence-corrected chi connectivity index (χ3v) is 3.02. The minimum Gasteiger partial charge on any atom is -0.491 e. The highest BCUT2D eigenvalue weighted by atomic mass is 35.5. The molecule has 0 aliphatic heterocycles. The number of rotatable bonds is 9.